The molecule has 1 saturated carbocycles. The number of aromatic nitrogens is 2. The van der Waals surface area contributed by atoms with E-state index in [1.165, 1.54) is 6.42 Å². The van der Waals surface area contributed by atoms with E-state index in [1.54, 1.807) is 6.07 Å². The SMILES string of the molecule is Cc1cc(C#N)nc(N2CCC[C@@H]2[C@H]2CCCC[C@@H]2O)n1. The summed E-state index contributed by atoms with van der Waals surface area (Å²) >= 11 is 0. The summed E-state index contributed by atoms with van der Waals surface area (Å²) in [6.07, 6.45) is 6.30. The molecule has 1 aliphatic carbocycles. The predicted molar refractivity (Wildman–Crippen MR) is 79.8 cm³/mol. The molecule has 0 amide bonds. The average molecular weight is 286 g/mol. The van der Waals surface area contributed by atoms with Crippen LogP contribution in [0.15, 0.2) is 6.07 Å². The number of nitriles is 1. The molecule has 0 bridgehead atoms. The van der Waals surface area contributed by atoms with Gasteiger partial charge >= 0.3 is 0 Å². The van der Waals surface area contributed by atoms with E-state index in [9.17, 15) is 5.11 Å². The van der Waals surface area contributed by atoms with Crippen LogP contribution in [0.25, 0.3) is 0 Å². The van der Waals surface area contributed by atoms with Crippen molar-refractivity contribution in [3.63, 3.8) is 0 Å². The molecule has 0 aromatic carbocycles. The monoisotopic (exact) mass is 286 g/mol. The minimum Gasteiger partial charge on any atom is -0.393 e. The number of aliphatic hydroxyl groups excluding tert-OH is 1. The van der Waals surface area contributed by atoms with Gasteiger partial charge in [-0.1, -0.05) is 12.8 Å². The number of aryl methyl sites for hydroxylation is 1. The lowest BCUT2D eigenvalue weighted by molar-refractivity contribution is 0.0564. The highest BCUT2D eigenvalue weighted by Crippen LogP contribution is 2.36. The van der Waals surface area contributed by atoms with Gasteiger partial charge in [-0.2, -0.15) is 5.26 Å². The number of nitrogens with zero attached hydrogens (tertiary/aromatic N) is 4. The zero-order valence-electron chi connectivity index (χ0n) is 12.5. The van der Waals surface area contributed by atoms with Crippen molar-refractivity contribution in [3.8, 4) is 6.07 Å². The molecule has 0 unspecified atom stereocenters. The largest absolute Gasteiger partial charge is 0.393 e. The van der Waals surface area contributed by atoms with Crippen LogP contribution in [0, 0.1) is 24.2 Å². The first-order valence-electron chi connectivity index (χ1n) is 7.89. The molecule has 3 rings (SSSR count). The second-order valence-corrected chi connectivity index (χ2v) is 6.22. The molecule has 5 heteroatoms. The topological polar surface area (TPSA) is 73.0 Å². The van der Waals surface area contributed by atoms with Gasteiger partial charge in [0.15, 0.2) is 0 Å². The standard InChI is InChI=1S/C16H22N4O/c1-11-9-12(10-17)19-16(18-11)20-8-4-6-14(20)13-5-2-3-7-15(13)21/h9,13-15,21H,2-8H2,1H3/t13-,14-,15+/m1/s1. The molecule has 5 nitrogen and oxygen atoms in total. The van der Waals surface area contributed by atoms with E-state index >= 15 is 0 Å². The van der Waals surface area contributed by atoms with Crippen LogP contribution in [-0.4, -0.2) is 33.8 Å². The number of hydrogen-bond donors (Lipinski definition) is 1. The maximum absolute atomic E-state index is 10.3. The van der Waals surface area contributed by atoms with E-state index in [2.05, 4.69) is 20.9 Å². The molecule has 1 N–H and O–H groups in total. The normalized spacial score (nSPS) is 29.4. The zero-order chi connectivity index (χ0) is 14.8. The van der Waals surface area contributed by atoms with Gasteiger partial charge in [-0.15, -0.1) is 0 Å². The van der Waals surface area contributed by atoms with Gasteiger partial charge in [-0.3, -0.25) is 0 Å². The first-order chi connectivity index (χ1) is 10.2. The summed E-state index contributed by atoms with van der Waals surface area (Å²) < 4.78 is 0. The molecule has 3 atom stereocenters. The van der Waals surface area contributed by atoms with Gasteiger partial charge in [0.2, 0.25) is 5.95 Å². The van der Waals surface area contributed by atoms with Crippen LogP contribution in [0.1, 0.15) is 49.9 Å². The molecular formula is C16H22N4O. The summed E-state index contributed by atoms with van der Waals surface area (Å²) in [5, 5.41) is 19.4. The van der Waals surface area contributed by atoms with Gasteiger partial charge in [0.05, 0.1) is 6.10 Å². The van der Waals surface area contributed by atoms with E-state index in [4.69, 9.17) is 5.26 Å². The first kappa shape index (κ1) is 14.3. The first-order valence-corrected chi connectivity index (χ1v) is 7.89. The zero-order valence-corrected chi connectivity index (χ0v) is 12.5. The van der Waals surface area contributed by atoms with Crippen LogP contribution >= 0.6 is 0 Å². The number of aliphatic hydroxyl groups is 1. The van der Waals surface area contributed by atoms with E-state index in [1.807, 2.05) is 6.92 Å². The Morgan fingerprint density at radius 2 is 2.05 bits per heavy atom. The molecule has 112 valence electrons. The molecule has 1 aromatic heterocycles. The molecule has 2 heterocycles. The molecule has 1 aliphatic heterocycles. The van der Waals surface area contributed by atoms with Crippen LogP contribution in [0.2, 0.25) is 0 Å². The Kier molecular flexibility index (Phi) is 4.07. The molecule has 2 fully saturated rings. The third kappa shape index (κ3) is 2.86. The van der Waals surface area contributed by atoms with Crippen molar-refractivity contribution < 1.29 is 5.11 Å². The van der Waals surface area contributed by atoms with Crippen molar-refractivity contribution in [2.45, 2.75) is 57.6 Å². The lowest BCUT2D eigenvalue weighted by Gasteiger charge is -2.37. The lowest BCUT2D eigenvalue weighted by atomic mass is 9.80. The second kappa shape index (κ2) is 5.98. The van der Waals surface area contributed by atoms with Crippen LogP contribution < -0.4 is 4.90 Å². The third-order valence-corrected chi connectivity index (χ3v) is 4.79. The summed E-state index contributed by atoms with van der Waals surface area (Å²) in [4.78, 5) is 11.1. The molecule has 1 aromatic rings. The van der Waals surface area contributed by atoms with Crippen molar-refractivity contribution in [1.82, 2.24) is 9.97 Å². The fraction of sp³-hybridized carbons (Fsp3) is 0.688. The summed E-state index contributed by atoms with van der Waals surface area (Å²) in [6, 6.07) is 4.13. The Morgan fingerprint density at radius 1 is 1.24 bits per heavy atom. The fourth-order valence-electron chi connectivity index (χ4n) is 3.81. The van der Waals surface area contributed by atoms with E-state index in [0.717, 1.165) is 44.3 Å². The molecule has 2 aliphatic rings. The Balaban J connectivity index is 1.87. The van der Waals surface area contributed by atoms with Gasteiger partial charge in [0.25, 0.3) is 0 Å². The van der Waals surface area contributed by atoms with Crippen molar-refractivity contribution in [1.29, 1.82) is 5.26 Å². The molecule has 21 heavy (non-hydrogen) atoms. The van der Waals surface area contributed by atoms with Crippen molar-refractivity contribution in [2.75, 3.05) is 11.4 Å². The highest BCUT2D eigenvalue weighted by molar-refractivity contribution is 5.38. The molecule has 0 radical (unpaired) electrons. The maximum Gasteiger partial charge on any atom is 0.227 e. The highest BCUT2D eigenvalue weighted by Gasteiger charge is 2.38. The Hall–Kier alpha value is -1.67. The minimum atomic E-state index is -0.204. The average Bonchev–Trinajstić information content (AvgIpc) is 2.96. The fourth-order valence-corrected chi connectivity index (χ4v) is 3.81. The van der Waals surface area contributed by atoms with E-state index in [-0.39, 0.29) is 6.10 Å². The van der Waals surface area contributed by atoms with Crippen LogP contribution in [0.4, 0.5) is 5.95 Å². The van der Waals surface area contributed by atoms with Crippen molar-refractivity contribution in [3.05, 3.63) is 17.5 Å². The Morgan fingerprint density at radius 3 is 2.81 bits per heavy atom. The molecule has 1 saturated heterocycles. The highest BCUT2D eigenvalue weighted by atomic mass is 16.3. The number of rotatable bonds is 2. The predicted octanol–water partition coefficient (Wildman–Crippen LogP) is 2.18. The maximum atomic E-state index is 10.3. The van der Waals surface area contributed by atoms with Gasteiger partial charge in [0, 0.05) is 24.2 Å². The van der Waals surface area contributed by atoms with E-state index < -0.39 is 0 Å². The number of anilines is 1. The smallest absolute Gasteiger partial charge is 0.227 e. The van der Waals surface area contributed by atoms with Gasteiger partial charge in [-0.05, 0) is 38.7 Å². The Bertz CT molecular complexity index is 554. The van der Waals surface area contributed by atoms with Gasteiger partial charge in [0.1, 0.15) is 11.8 Å². The summed E-state index contributed by atoms with van der Waals surface area (Å²) in [7, 11) is 0. The molecule has 0 spiro atoms. The van der Waals surface area contributed by atoms with Crippen molar-refractivity contribution in [2.24, 2.45) is 5.92 Å². The van der Waals surface area contributed by atoms with Gasteiger partial charge in [-0.25, -0.2) is 9.97 Å². The number of hydrogen-bond acceptors (Lipinski definition) is 5. The van der Waals surface area contributed by atoms with Crippen molar-refractivity contribution >= 4 is 5.95 Å². The van der Waals surface area contributed by atoms with Crippen LogP contribution in [0.5, 0.6) is 0 Å². The van der Waals surface area contributed by atoms with Crippen LogP contribution in [-0.2, 0) is 0 Å². The summed E-state index contributed by atoms with van der Waals surface area (Å²) in [6.45, 7) is 2.81. The Labute approximate surface area is 125 Å². The summed E-state index contributed by atoms with van der Waals surface area (Å²) in [5.41, 5.74) is 1.25. The van der Waals surface area contributed by atoms with Crippen LogP contribution in [0.3, 0.4) is 0 Å². The second-order valence-electron chi connectivity index (χ2n) is 6.22. The minimum absolute atomic E-state index is 0.204. The third-order valence-electron chi connectivity index (χ3n) is 4.79. The summed E-state index contributed by atoms with van der Waals surface area (Å²) in [5.74, 6) is 0.975. The van der Waals surface area contributed by atoms with E-state index in [0.29, 0.717) is 23.6 Å². The molecular weight excluding hydrogens is 264 g/mol. The lowest BCUT2D eigenvalue weighted by Crippen LogP contribution is -2.43. The van der Waals surface area contributed by atoms with Gasteiger partial charge < -0.3 is 10.0 Å². The quantitative estimate of drug-likeness (QED) is 0.902.